The molecule has 1 atom stereocenters. The summed E-state index contributed by atoms with van der Waals surface area (Å²) >= 11 is 0. The van der Waals surface area contributed by atoms with E-state index in [0.29, 0.717) is 12.4 Å². The molecule has 1 aliphatic heterocycles. The molecular formula is C30H42N6O4. The number of ether oxygens (including phenoxy) is 2. The van der Waals surface area contributed by atoms with Crippen molar-refractivity contribution in [1.29, 1.82) is 0 Å². The van der Waals surface area contributed by atoms with Gasteiger partial charge in [0.05, 0.1) is 23.4 Å². The zero-order valence-electron chi connectivity index (χ0n) is 24.3. The van der Waals surface area contributed by atoms with E-state index in [4.69, 9.17) is 20.9 Å². The molecule has 3 aliphatic rings. The van der Waals surface area contributed by atoms with Crippen LogP contribution in [0.4, 0.5) is 16.3 Å². The third-order valence-corrected chi connectivity index (χ3v) is 8.27. The summed E-state index contributed by atoms with van der Waals surface area (Å²) in [4.78, 5) is 35.5. The summed E-state index contributed by atoms with van der Waals surface area (Å²) in [6.07, 6.45) is 5.88. The highest BCUT2D eigenvalue weighted by molar-refractivity contribution is 5.84. The van der Waals surface area contributed by atoms with Crippen molar-refractivity contribution in [2.45, 2.75) is 96.3 Å². The van der Waals surface area contributed by atoms with E-state index in [1.165, 1.54) is 6.33 Å². The third-order valence-electron chi connectivity index (χ3n) is 8.27. The number of primary amides is 1. The molecule has 1 aromatic heterocycles. The summed E-state index contributed by atoms with van der Waals surface area (Å²) < 4.78 is 12.1. The molecule has 0 radical (unpaired) electrons. The first-order valence-corrected chi connectivity index (χ1v) is 14.3. The average molecular weight is 551 g/mol. The van der Waals surface area contributed by atoms with Gasteiger partial charge in [0.2, 0.25) is 5.91 Å². The normalized spacial score (nSPS) is 23.6. The standard InChI is InChI=1S/C30H42N6O4/c1-29(2,3)40-28(38)35-18-6-8-19(9-7-18)39-22-11-10-20-21(25(22)36-13-12-17(15-36)27(32)37)14-30(4,5)23-24(20)33-16-34-26(23)31/h10-11,16-19H,6-9,12-15H2,1-5H3,(H2,32,37)(H,35,38)(H2,31,33,34). The van der Waals surface area contributed by atoms with E-state index in [-0.39, 0.29) is 35.5 Å². The van der Waals surface area contributed by atoms with Crippen molar-refractivity contribution in [3.8, 4) is 17.0 Å². The van der Waals surface area contributed by atoms with Crippen LogP contribution in [-0.2, 0) is 21.4 Å². The molecule has 2 heterocycles. The lowest BCUT2D eigenvalue weighted by Gasteiger charge is -2.38. The predicted molar refractivity (Wildman–Crippen MR) is 154 cm³/mol. The molecule has 2 aliphatic carbocycles. The Morgan fingerprint density at radius 2 is 1.82 bits per heavy atom. The number of hydrogen-bond acceptors (Lipinski definition) is 8. The number of alkyl carbamates (subject to hydrolysis) is 1. The lowest BCUT2D eigenvalue weighted by atomic mass is 9.71. The highest BCUT2D eigenvalue weighted by Crippen LogP contribution is 2.50. The van der Waals surface area contributed by atoms with E-state index in [1.807, 2.05) is 26.8 Å². The maximum atomic E-state index is 12.2. The number of benzene rings is 1. The van der Waals surface area contributed by atoms with Crippen molar-refractivity contribution >= 4 is 23.5 Å². The number of rotatable bonds is 5. The Kier molecular flexibility index (Phi) is 7.31. The number of fused-ring (bicyclic) bond motifs is 3. The minimum Gasteiger partial charge on any atom is -0.488 e. The fourth-order valence-electron chi connectivity index (χ4n) is 6.43. The van der Waals surface area contributed by atoms with Crippen LogP contribution in [0, 0.1) is 5.92 Å². The van der Waals surface area contributed by atoms with Crippen LogP contribution < -0.4 is 26.4 Å². The van der Waals surface area contributed by atoms with Gasteiger partial charge in [-0.05, 0) is 82.4 Å². The maximum Gasteiger partial charge on any atom is 0.407 e. The van der Waals surface area contributed by atoms with Crippen molar-refractivity contribution in [3.63, 3.8) is 0 Å². The molecule has 1 aromatic carbocycles. The third kappa shape index (κ3) is 5.67. The van der Waals surface area contributed by atoms with Gasteiger partial charge in [-0.3, -0.25) is 4.79 Å². The SMILES string of the molecule is CC(C)(C)OC(=O)NC1CCC(Oc2ccc3c(c2N2CCC(C(N)=O)C2)CC(C)(C)c2c(N)ncnc2-3)CC1. The highest BCUT2D eigenvalue weighted by atomic mass is 16.6. The van der Waals surface area contributed by atoms with Crippen LogP contribution in [0.3, 0.4) is 0 Å². The monoisotopic (exact) mass is 550 g/mol. The smallest absolute Gasteiger partial charge is 0.407 e. The van der Waals surface area contributed by atoms with Gasteiger partial charge < -0.3 is 31.2 Å². The molecule has 1 unspecified atom stereocenters. The molecule has 10 nitrogen and oxygen atoms in total. The highest BCUT2D eigenvalue weighted by Gasteiger charge is 2.39. The van der Waals surface area contributed by atoms with Gasteiger partial charge in [-0.25, -0.2) is 14.8 Å². The van der Waals surface area contributed by atoms with Gasteiger partial charge in [0.15, 0.2) is 0 Å². The number of nitrogens with two attached hydrogens (primary N) is 2. The van der Waals surface area contributed by atoms with Gasteiger partial charge in [-0.15, -0.1) is 0 Å². The number of anilines is 2. The van der Waals surface area contributed by atoms with Crippen LogP contribution in [0.1, 0.15) is 77.8 Å². The molecule has 5 rings (SSSR count). The number of carbonyl (C=O) groups is 2. The Bertz CT molecular complexity index is 1300. The number of nitrogen functional groups attached to an aromatic ring is 1. The van der Waals surface area contributed by atoms with Crippen molar-refractivity contribution in [3.05, 3.63) is 29.6 Å². The number of amides is 2. The average Bonchev–Trinajstić information content (AvgIpc) is 3.34. The van der Waals surface area contributed by atoms with Gasteiger partial charge in [0.1, 0.15) is 23.5 Å². The summed E-state index contributed by atoms with van der Waals surface area (Å²) in [7, 11) is 0. The van der Waals surface area contributed by atoms with E-state index in [9.17, 15) is 9.59 Å². The second-order valence-corrected chi connectivity index (χ2v) is 13.1. The van der Waals surface area contributed by atoms with Gasteiger partial charge in [-0.1, -0.05) is 13.8 Å². The molecular weight excluding hydrogens is 508 g/mol. The number of nitrogens with zero attached hydrogens (tertiary/aromatic N) is 3. The molecule has 0 spiro atoms. The quantitative estimate of drug-likeness (QED) is 0.505. The Morgan fingerprint density at radius 3 is 2.48 bits per heavy atom. The number of hydrogen-bond donors (Lipinski definition) is 3. The molecule has 2 aromatic rings. The summed E-state index contributed by atoms with van der Waals surface area (Å²) in [5.74, 6) is 0.861. The minimum absolute atomic E-state index is 0.0184. The maximum absolute atomic E-state index is 12.2. The zero-order chi connectivity index (χ0) is 28.8. The molecule has 40 heavy (non-hydrogen) atoms. The number of nitrogens with one attached hydrogen (secondary N) is 1. The van der Waals surface area contributed by atoms with Crippen molar-refractivity contribution in [1.82, 2.24) is 15.3 Å². The van der Waals surface area contributed by atoms with Crippen LogP contribution in [0.15, 0.2) is 18.5 Å². The molecule has 1 saturated carbocycles. The Morgan fingerprint density at radius 1 is 1.10 bits per heavy atom. The minimum atomic E-state index is -0.525. The van der Waals surface area contributed by atoms with E-state index in [1.54, 1.807) is 0 Å². The molecule has 2 amide bonds. The second kappa shape index (κ2) is 10.4. The molecule has 2 fully saturated rings. The first-order valence-electron chi connectivity index (χ1n) is 14.3. The van der Waals surface area contributed by atoms with Crippen LogP contribution in [0.2, 0.25) is 0 Å². The second-order valence-electron chi connectivity index (χ2n) is 13.1. The van der Waals surface area contributed by atoms with Crippen LogP contribution in [-0.4, -0.2) is 52.8 Å². The van der Waals surface area contributed by atoms with Crippen molar-refractivity contribution in [2.75, 3.05) is 23.7 Å². The Hall–Kier alpha value is -3.56. The summed E-state index contributed by atoms with van der Waals surface area (Å²) in [5, 5.41) is 3.00. The van der Waals surface area contributed by atoms with E-state index < -0.39 is 5.60 Å². The van der Waals surface area contributed by atoms with Crippen molar-refractivity contribution < 1.29 is 19.1 Å². The summed E-state index contributed by atoms with van der Waals surface area (Å²) in [6.45, 7) is 11.2. The van der Waals surface area contributed by atoms with Gasteiger partial charge in [-0.2, -0.15) is 0 Å². The van der Waals surface area contributed by atoms with Gasteiger partial charge in [0, 0.05) is 30.3 Å². The topological polar surface area (TPSA) is 146 Å². The lowest BCUT2D eigenvalue weighted by Crippen LogP contribution is -2.42. The number of aromatic nitrogens is 2. The first kappa shape index (κ1) is 28.0. The zero-order valence-corrected chi connectivity index (χ0v) is 24.3. The van der Waals surface area contributed by atoms with Crippen LogP contribution in [0.25, 0.3) is 11.3 Å². The first-order chi connectivity index (χ1) is 18.8. The molecule has 10 heteroatoms. The molecule has 216 valence electrons. The number of carbonyl (C=O) groups excluding carboxylic acids is 2. The van der Waals surface area contributed by atoms with Crippen molar-refractivity contribution in [2.24, 2.45) is 11.7 Å². The fraction of sp³-hybridized carbons (Fsp3) is 0.600. The predicted octanol–water partition coefficient (Wildman–Crippen LogP) is 4.09. The van der Waals surface area contributed by atoms with Gasteiger partial charge >= 0.3 is 6.09 Å². The summed E-state index contributed by atoms with van der Waals surface area (Å²) in [6, 6.07) is 4.17. The summed E-state index contributed by atoms with van der Waals surface area (Å²) in [5.41, 5.74) is 16.2. The van der Waals surface area contributed by atoms with Crippen LogP contribution in [0.5, 0.6) is 5.75 Å². The van der Waals surface area contributed by atoms with E-state index in [2.05, 4.69) is 40.1 Å². The molecule has 1 saturated heterocycles. The lowest BCUT2D eigenvalue weighted by molar-refractivity contribution is -0.121. The van der Waals surface area contributed by atoms with E-state index >= 15 is 0 Å². The largest absolute Gasteiger partial charge is 0.488 e. The Balaban J connectivity index is 1.42. The molecule has 5 N–H and O–H groups in total. The van der Waals surface area contributed by atoms with Gasteiger partial charge in [0.25, 0.3) is 0 Å². The molecule has 0 bridgehead atoms. The van der Waals surface area contributed by atoms with Crippen LogP contribution >= 0.6 is 0 Å². The fourth-order valence-corrected chi connectivity index (χ4v) is 6.43. The van der Waals surface area contributed by atoms with E-state index in [0.717, 1.165) is 78.9 Å². The Labute approximate surface area is 236 Å².